The van der Waals surface area contributed by atoms with Crippen molar-refractivity contribution >= 4 is 35.0 Å². The van der Waals surface area contributed by atoms with E-state index in [4.69, 9.17) is 0 Å². The van der Waals surface area contributed by atoms with Crippen molar-refractivity contribution < 1.29 is 9.59 Å². The zero-order chi connectivity index (χ0) is 17.8. The molecule has 0 unspecified atom stereocenters. The number of rotatable bonds is 5. The van der Waals surface area contributed by atoms with Crippen LogP contribution < -0.4 is 10.2 Å². The first-order chi connectivity index (χ1) is 12.1. The van der Waals surface area contributed by atoms with Crippen molar-refractivity contribution in [3.8, 4) is 0 Å². The highest BCUT2D eigenvalue weighted by atomic mass is 32.2. The van der Waals surface area contributed by atoms with Crippen LogP contribution in [-0.2, 0) is 16.0 Å². The third kappa shape index (κ3) is 3.87. The van der Waals surface area contributed by atoms with E-state index in [9.17, 15) is 9.59 Å². The summed E-state index contributed by atoms with van der Waals surface area (Å²) in [6.45, 7) is 3.90. The number of anilines is 2. The molecule has 0 aliphatic carbocycles. The number of amides is 2. The molecule has 0 spiro atoms. The van der Waals surface area contributed by atoms with Gasteiger partial charge in [0, 0.05) is 23.0 Å². The molecule has 0 saturated carbocycles. The monoisotopic (exact) mass is 354 g/mol. The Morgan fingerprint density at radius 1 is 1.16 bits per heavy atom. The van der Waals surface area contributed by atoms with Gasteiger partial charge in [0.25, 0.3) is 0 Å². The van der Waals surface area contributed by atoms with E-state index in [1.54, 1.807) is 0 Å². The third-order valence-corrected chi connectivity index (χ3v) is 5.37. The van der Waals surface area contributed by atoms with Crippen LogP contribution in [-0.4, -0.2) is 23.6 Å². The fraction of sp³-hybridized carbons (Fsp3) is 0.300. The van der Waals surface area contributed by atoms with E-state index in [-0.39, 0.29) is 17.9 Å². The lowest BCUT2D eigenvalue weighted by Crippen LogP contribution is -2.36. The first-order valence-corrected chi connectivity index (χ1v) is 9.50. The van der Waals surface area contributed by atoms with E-state index < -0.39 is 0 Å². The van der Waals surface area contributed by atoms with Crippen molar-refractivity contribution in [1.29, 1.82) is 0 Å². The van der Waals surface area contributed by atoms with Crippen molar-refractivity contribution in [2.24, 2.45) is 0 Å². The quantitative estimate of drug-likeness (QED) is 0.822. The minimum Gasteiger partial charge on any atom is -0.325 e. The second kappa shape index (κ2) is 7.74. The molecule has 1 aliphatic rings. The van der Waals surface area contributed by atoms with Crippen molar-refractivity contribution in [1.82, 2.24) is 0 Å². The molecule has 3 rings (SSSR count). The number of nitrogens with one attached hydrogen (secondary N) is 1. The van der Waals surface area contributed by atoms with Gasteiger partial charge in [-0.2, -0.15) is 0 Å². The Hall–Kier alpha value is -2.27. The molecule has 2 aromatic carbocycles. The predicted octanol–water partition coefficient (Wildman–Crippen LogP) is 4.11. The minimum absolute atomic E-state index is 0.0264. The fourth-order valence-electron chi connectivity index (χ4n) is 3.09. The summed E-state index contributed by atoms with van der Waals surface area (Å²) in [5.74, 6) is 0.415. The van der Waals surface area contributed by atoms with Gasteiger partial charge < -0.3 is 10.2 Å². The summed E-state index contributed by atoms with van der Waals surface area (Å²) in [5.41, 5.74) is 3.01. The molecule has 0 aromatic heterocycles. The minimum atomic E-state index is -0.0264. The maximum Gasteiger partial charge on any atom is 0.237 e. The Morgan fingerprint density at radius 3 is 2.68 bits per heavy atom. The van der Waals surface area contributed by atoms with Gasteiger partial charge in [0.1, 0.15) is 0 Å². The summed E-state index contributed by atoms with van der Waals surface area (Å²) in [5, 5.41) is 2.89. The molecular formula is C20H22N2O2S. The van der Waals surface area contributed by atoms with Gasteiger partial charge >= 0.3 is 0 Å². The van der Waals surface area contributed by atoms with Gasteiger partial charge in [0.15, 0.2) is 0 Å². The third-order valence-electron chi connectivity index (χ3n) is 4.31. The summed E-state index contributed by atoms with van der Waals surface area (Å²) in [6.07, 6.45) is 1.33. The van der Waals surface area contributed by atoms with Crippen molar-refractivity contribution in [2.45, 2.75) is 37.6 Å². The van der Waals surface area contributed by atoms with Crippen LogP contribution in [0.15, 0.2) is 53.4 Å². The molecule has 25 heavy (non-hydrogen) atoms. The van der Waals surface area contributed by atoms with E-state index >= 15 is 0 Å². The number of fused-ring (bicyclic) bond motifs is 1. The van der Waals surface area contributed by atoms with E-state index in [2.05, 4.69) is 18.3 Å². The standard InChI is InChI=1S/C20H22N2O2S/c1-3-19(23)21-16-9-5-7-11-18(16)25-13-20(24)22-14(2)12-15-8-4-6-10-17(15)22/h4-11,14H,3,12-13H2,1-2H3,(H,21,23)/t14-/m1/s1. The van der Waals surface area contributed by atoms with Crippen LogP contribution in [0.1, 0.15) is 25.8 Å². The first kappa shape index (κ1) is 17.5. The molecule has 0 bridgehead atoms. The van der Waals surface area contributed by atoms with Gasteiger partial charge in [-0.25, -0.2) is 0 Å². The summed E-state index contributed by atoms with van der Waals surface area (Å²) >= 11 is 1.47. The zero-order valence-corrected chi connectivity index (χ0v) is 15.3. The predicted molar refractivity (Wildman–Crippen MR) is 103 cm³/mol. The van der Waals surface area contributed by atoms with Crippen LogP contribution in [0.25, 0.3) is 0 Å². The SMILES string of the molecule is CCC(=O)Nc1ccccc1SCC(=O)N1c2ccccc2C[C@H]1C. The Balaban J connectivity index is 1.70. The van der Waals surface area contributed by atoms with Crippen molar-refractivity contribution in [2.75, 3.05) is 16.0 Å². The highest BCUT2D eigenvalue weighted by molar-refractivity contribution is 8.00. The molecule has 5 heteroatoms. The van der Waals surface area contributed by atoms with Gasteiger partial charge in [-0.15, -0.1) is 11.8 Å². The zero-order valence-electron chi connectivity index (χ0n) is 14.5. The molecule has 1 heterocycles. The topological polar surface area (TPSA) is 49.4 Å². The van der Waals surface area contributed by atoms with Crippen LogP contribution >= 0.6 is 11.8 Å². The second-order valence-electron chi connectivity index (χ2n) is 6.13. The Kier molecular flexibility index (Phi) is 5.43. The van der Waals surface area contributed by atoms with Crippen LogP contribution in [0.2, 0.25) is 0 Å². The van der Waals surface area contributed by atoms with E-state index in [0.29, 0.717) is 12.2 Å². The summed E-state index contributed by atoms with van der Waals surface area (Å²) < 4.78 is 0. The number of hydrogen-bond acceptors (Lipinski definition) is 3. The Morgan fingerprint density at radius 2 is 1.88 bits per heavy atom. The first-order valence-electron chi connectivity index (χ1n) is 8.51. The highest BCUT2D eigenvalue weighted by Gasteiger charge is 2.30. The molecule has 2 aromatic rings. The second-order valence-corrected chi connectivity index (χ2v) is 7.15. The lowest BCUT2D eigenvalue weighted by atomic mass is 10.1. The highest BCUT2D eigenvalue weighted by Crippen LogP contribution is 2.33. The number of para-hydroxylation sites is 2. The molecule has 1 atom stereocenters. The number of nitrogens with zero attached hydrogens (tertiary/aromatic N) is 1. The van der Waals surface area contributed by atoms with Gasteiger partial charge in [-0.3, -0.25) is 9.59 Å². The number of carbonyl (C=O) groups is 2. The summed E-state index contributed by atoms with van der Waals surface area (Å²) in [7, 11) is 0. The lowest BCUT2D eigenvalue weighted by molar-refractivity contribution is -0.117. The van der Waals surface area contributed by atoms with E-state index in [1.807, 2.05) is 54.3 Å². The molecule has 4 nitrogen and oxygen atoms in total. The maximum atomic E-state index is 12.8. The number of benzene rings is 2. The number of hydrogen-bond donors (Lipinski definition) is 1. The fourth-order valence-corrected chi connectivity index (χ4v) is 3.96. The number of thioether (sulfide) groups is 1. The van der Waals surface area contributed by atoms with Crippen LogP contribution in [0, 0.1) is 0 Å². The molecular weight excluding hydrogens is 332 g/mol. The van der Waals surface area contributed by atoms with Gasteiger partial charge in [0.2, 0.25) is 11.8 Å². The summed E-state index contributed by atoms with van der Waals surface area (Å²) in [4.78, 5) is 27.3. The average molecular weight is 354 g/mol. The average Bonchev–Trinajstić information content (AvgIpc) is 2.96. The van der Waals surface area contributed by atoms with E-state index in [1.165, 1.54) is 17.3 Å². The Labute approximate surface area is 152 Å². The smallest absolute Gasteiger partial charge is 0.237 e. The van der Waals surface area contributed by atoms with Crippen LogP contribution in [0.4, 0.5) is 11.4 Å². The largest absolute Gasteiger partial charge is 0.325 e. The normalized spacial score (nSPS) is 15.8. The molecule has 1 aliphatic heterocycles. The molecule has 1 N–H and O–H groups in total. The lowest BCUT2D eigenvalue weighted by Gasteiger charge is -2.22. The number of carbonyl (C=O) groups excluding carboxylic acids is 2. The molecule has 0 saturated heterocycles. The van der Waals surface area contributed by atoms with Crippen molar-refractivity contribution in [3.05, 3.63) is 54.1 Å². The molecule has 130 valence electrons. The van der Waals surface area contributed by atoms with Crippen molar-refractivity contribution in [3.63, 3.8) is 0 Å². The molecule has 0 radical (unpaired) electrons. The van der Waals surface area contributed by atoms with E-state index in [0.717, 1.165) is 22.7 Å². The van der Waals surface area contributed by atoms with Gasteiger partial charge in [-0.1, -0.05) is 37.3 Å². The molecule has 0 fully saturated rings. The van der Waals surface area contributed by atoms with Crippen LogP contribution in [0.5, 0.6) is 0 Å². The van der Waals surface area contributed by atoms with Crippen LogP contribution in [0.3, 0.4) is 0 Å². The molecule has 2 amide bonds. The van der Waals surface area contributed by atoms with Gasteiger partial charge in [0.05, 0.1) is 11.4 Å². The Bertz CT molecular complexity index is 791. The van der Waals surface area contributed by atoms with Gasteiger partial charge in [-0.05, 0) is 37.1 Å². The maximum absolute atomic E-state index is 12.8. The summed E-state index contributed by atoms with van der Waals surface area (Å²) in [6, 6.07) is 15.9.